The molecule has 0 aliphatic heterocycles. The van der Waals surface area contributed by atoms with Gasteiger partial charge in [-0.3, -0.25) is 14.4 Å². The Morgan fingerprint density at radius 1 is 1.08 bits per heavy atom. The zero-order chi connectivity index (χ0) is 27.0. The second-order valence-corrected chi connectivity index (χ2v) is 9.50. The third-order valence-electron chi connectivity index (χ3n) is 6.57. The number of aryl methyl sites for hydroxylation is 1. The van der Waals surface area contributed by atoms with Gasteiger partial charge in [0.25, 0.3) is 0 Å². The van der Waals surface area contributed by atoms with Crippen molar-refractivity contribution in [2.75, 3.05) is 6.54 Å². The van der Waals surface area contributed by atoms with Crippen LogP contribution in [0.1, 0.15) is 63.9 Å². The van der Waals surface area contributed by atoms with Crippen molar-refractivity contribution in [3.63, 3.8) is 0 Å². The lowest BCUT2D eigenvalue weighted by Gasteiger charge is -2.21. The van der Waals surface area contributed by atoms with E-state index in [2.05, 4.69) is 5.32 Å². The average Bonchev–Trinajstić information content (AvgIpc) is 3.14. The number of carboxylic acid groups (broad SMARTS) is 1. The minimum absolute atomic E-state index is 0.0425. The Bertz CT molecular complexity index is 899. The van der Waals surface area contributed by atoms with Crippen molar-refractivity contribution in [2.45, 2.75) is 83.0 Å². The predicted molar refractivity (Wildman–Crippen MR) is 141 cm³/mol. The van der Waals surface area contributed by atoms with Crippen LogP contribution < -0.4 is 5.32 Å². The summed E-state index contributed by atoms with van der Waals surface area (Å²) in [7, 11) is 0. The maximum absolute atomic E-state index is 12.2. The summed E-state index contributed by atoms with van der Waals surface area (Å²) in [4.78, 5) is 34.5. The highest BCUT2D eigenvalue weighted by Gasteiger charge is 2.39. The van der Waals surface area contributed by atoms with Crippen molar-refractivity contribution >= 4 is 17.8 Å². The molecule has 4 N–H and O–H groups in total. The van der Waals surface area contributed by atoms with Gasteiger partial charge in [0.2, 0.25) is 5.91 Å². The van der Waals surface area contributed by atoms with E-state index < -0.39 is 30.3 Å². The summed E-state index contributed by atoms with van der Waals surface area (Å²) >= 11 is 0. The van der Waals surface area contributed by atoms with Crippen LogP contribution in [0.5, 0.6) is 0 Å². The molecule has 2 rings (SSSR count). The van der Waals surface area contributed by atoms with Crippen LogP contribution in [0.2, 0.25) is 0 Å². The summed E-state index contributed by atoms with van der Waals surface area (Å²) < 4.78 is 5.56. The molecule has 1 fully saturated rings. The smallest absolute Gasteiger partial charge is 0.306 e. The number of aliphatic carboxylic acids is 1. The summed E-state index contributed by atoms with van der Waals surface area (Å²) in [5.41, 5.74) is 1.09. The maximum Gasteiger partial charge on any atom is 0.306 e. The van der Waals surface area contributed by atoms with Gasteiger partial charge in [0.05, 0.1) is 25.0 Å². The molecule has 1 aromatic rings. The van der Waals surface area contributed by atoms with Gasteiger partial charge in [0.1, 0.15) is 6.10 Å². The third-order valence-corrected chi connectivity index (χ3v) is 6.57. The van der Waals surface area contributed by atoms with Crippen LogP contribution in [0.15, 0.2) is 54.6 Å². The number of allylic oxidation sites excluding steroid dienone is 2. The average molecular weight is 516 g/mol. The van der Waals surface area contributed by atoms with Gasteiger partial charge in [-0.2, -0.15) is 0 Å². The Morgan fingerprint density at radius 3 is 2.54 bits per heavy atom. The van der Waals surface area contributed by atoms with Crippen LogP contribution >= 0.6 is 0 Å². The van der Waals surface area contributed by atoms with E-state index in [0.717, 1.165) is 18.4 Å². The first-order valence-corrected chi connectivity index (χ1v) is 13.2. The highest BCUT2D eigenvalue weighted by atomic mass is 16.5. The number of nitrogens with one attached hydrogen (secondary N) is 1. The molecule has 1 aliphatic rings. The first-order valence-electron chi connectivity index (χ1n) is 13.2. The van der Waals surface area contributed by atoms with Crippen LogP contribution in [0, 0.1) is 11.8 Å². The second-order valence-electron chi connectivity index (χ2n) is 9.50. The molecule has 8 nitrogen and oxygen atoms in total. The predicted octanol–water partition coefficient (Wildman–Crippen LogP) is 3.56. The fraction of sp³-hybridized carbons (Fsp3) is 0.552. The Kier molecular flexibility index (Phi) is 13.7. The van der Waals surface area contributed by atoms with Gasteiger partial charge < -0.3 is 25.4 Å². The Hall–Kier alpha value is -2.97. The summed E-state index contributed by atoms with van der Waals surface area (Å²) in [5.74, 6) is -2.07. The topological polar surface area (TPSA) is 133 Å². The molecule has 1 aromatic carbocycles. The highest BCUT2D eigenvalue weighted by Crippen LogP contribution is 2.36. The molecule has 0 radical (unpaired) electrons. The number of carbonyl (C=O) groups is 3. The summed E-state index contributed by atoms with van der Waals surface area (Å²) in [6, 6.07) is 9.78. The minimum atomic E-state index is -1.06. The molecule has 1 saturated carbocycles. The minimum Gasteiger partial charge on any atom is -0.481 e. The SMILES string of the molecule is CCNC(=O)CCC/C=C\C[C@@H]1[C@@H](/C=C/[C@H](CCc2ccccc2)OC(=O)CCC(=O)O)[C@H](O)C[C@@H]1O. The van der Waals surface area contributed by atoms with Crippen molar-refractivity contribution in [2.24, 2.45) is 11.8 Å². The quantitative estimate of drug-likeness (QED) is 0.150. The first-order chi connectivity index (χ1) is 17.8. The van der Waals surface area contributed by atoms with Crippen molar-refractivity contribution in [3.8, 4) is 0 Å². The Balaban J connectivity index is 1.98. The zero-order valence-electron chi connectivity index (χ0n) is 21.6. The Morgan fingerprint density at radius 2 is 1.84 bits per heavy atom. The van der Waals surface area contributed by atoms with Crippen molar-refractivity contribution < 1.29 is 34.4 Å². The van der Waals surface area contributed by atoms with Gasteiger partial charge in [0, 0.05) is 25.3 Å². The molecule has 0 saturated heterocycles. The molecule has 37 heavy (non-hydrogen) atoms. The number of benzene rings is 1. The molecule has 1 aliphatic carbocycles. The van der Waals surface area contributed by atoms with E-state index in [9.17, 15) is 24.6 Å². The summed E-state index contributed by atoms with van der Waals surface area (Å²) in [6.45, 7) is 2.51. The lowest BCUT2D eigenvalue weighted by Crippen LogP contribution is -2.22. The third kappa shape index (κ3) is 11.7. The number of carbonyl (C=O) groups excluding carboxylic acids is 2. The zero-order valence-corrected chi connectivity index (χ0v) is 21.6. The number of unbranched alkanes of at least 4 members (excludes halogenated alkanes) is 1. The number of ether oxygens (including phenoxy) is 1. The standard InChI is InChI=1S/C29H41NO7/c1-2-30-27(33)13-9-4-3-8-12-23-24(26(32)20-25(23)31)17-16-22(37-29(36)19-18-28(34)35)15-14-21-10-6-5-7-11-21/h3,5-8,10-11,16-17,22-26,31-32H,2,4,9,12-15,18-20H2,1H3,(H,30,33)(H,34,35)/b8-3-,17-16+/t22-,23+,24+,25-,26+/m0/s1. The van der Waals surface area contributed by atoms with E-state index in [1.165, 1.54) is 0 Å². The second kappa shape index (κ2) is 16.7. The largest absolute Gasteiger partial charge is 0.481 e. The van der Waals surface area contributed by atoms with Gasteiger partial charge in [-0.1, -0.05) is 48.6 Å². The summed E-state index contributed by atoms with van der Waals surface area (Å²) in [5, 5.41) is 32.7. The van der Waals surface area contributed by atoms with Crippen LogP contribution in [-0.2, 0) is 25.5 Å². The number of rotatable bonds is 16. The fourth-order valence-electron chi connectivity index (χ4n) is 4.58. The van der Waals surface area contributed by atoms with Gasteiger partial charge >= 0.3 is 11.9 Å². The molecule has 1 amide bonds. The van der Waals surface area contributed by atoms with E-state index in [4.69, 9.17) is 9.84 Å². The normalized spacial score (nSPS) is 22.4. The lowest BCUT2D eigenvalue weighted by molar-refractivity contribution is -0.150. The first kappa shape index (κ1) is 30.3. The molecule has 204 valence electrons. The van der Waals surface area contributed by atoms with Gasteiger partial charge in [-0.15, -0.1) is 0 Å². The molecule has 0 aromatic heterocycles. The van der Waals surface area contributed by atoms with Crippen molar-refractivity contribution in [3.05, 3.63) is 60.2 Å². The van der Waals surface area contributed by atoms with E-state index in [1.54, 1.807) is 6.08 Å². The number of aliphatic hydroxyl groups is 2. The van der Waals surface area contributed by atoms with E-state index in [-0.39, 0.29) is 37.0 Å². The van der Waals surface area contributed by atoms with E-state index >= 15 is 0 Å². The molecule has 8 heteroatoms. The molecule has 0 unspecified atom stereocenters. The number of carboxylic acids is 1. The highest BCUT2D eigenvalue weighted by molar-refractivity contribution is 5.76. The van der Waals surface area contributed by atoms with Crippen LogP contribution in [0.3, 0.4) is 0 Å². The fourth-order valence-corrected chi connectivity index (χ4v) is 4.58. The number of hydrogen-bond acceptors (Lipinski definition) is 6. The number of hydrogen-bond donors (Lipinski definition) is 4. The van der Waals surface area contributed by atoms with Crippen LogP contribution in [-0.4, -0.2) is 58.0 Å². The molecular weight excluding hydrogens is 474 g/mol. The lowest BCUT2D eigenvalue weighted by atomic mass is 9.89. The number of aliphatic hydroxyl groups excluding tert-OH is 2. The molecule has 0 heterocycles. The molecule has 5 atom stereocenters. The van der Waals surface area contributed by atoms with Gasteiger partial charge in [0.15, 0.2) is 0 Å². The molecule has 0 bridgehead atoms. The molecular formula is C29H41NO7. The van der Waals surface area contributed by atoms with Crippen LogP contribution in [0.4, 0.5) is 0 Å². The van der Waals surface area contributed by atoms with Crippen molar-refractivity contribution in [1.82, 2.24) is 5.32 Å². The monoisotopic (exact) mass is 515 g/mol. The summed E-state index contributed by atoms with van der Waals surface area (Å²) in [6.07, 6.45) is 9.18. The van der Waals surface area contributed by atoms with Crippen molar-refractivity contribution in [1.29, 1.82) is 0 Å². The van der Waals surface area contributed by atoms with E-state index in [1.807, 2.05) is 55.5 Å². The Labute approximate surface area is 219 Å². The molecule has 0 spiro atoms. The number of esters is 1. The van der Waals surface area contributed by atoms with E-state index in [0.29, 0.717) is 32.2 Å². The number of amides is 1. The van der Waals surface area contributed by atoms with Gasteiger partial charge in [-0.05, 0) is 56.6 Å². The van der Waals surface area contributed by atoms with Gasteiger partial charge in [-0.25, -0.2) is 0 Å². The van der Waals surface area contributed by atoms with Crippen LogP contribution in [0.25, 0.3) is 0 Å². The maximum atomic E-state index is 12.2.